The SMILES string of the molecule is O=C(c1cccc(I)c1)c1ccc2[nH]c(=O)sc2c1. The number of benzene rings is 2. The summed E-state index contributed by atoms with van der Waals surface area (Å²) in [5.74, 6) is -0.0266. The van der Waals surface area contributed by atoms with E-state index in [1.54, 1.807) is 24.3 Å². The molecule has 0 amide bonds. The van der Waals surface area contributed by atoms with Crippen LogP contribution in [0.3, 0.4) is 0 Å². The smallest absolute Gasteiger partial charge is 0.305 e. The van der Waals surface area contributed by atoms with E-state index in [1.807, 2.05) is 18.2 Å². The zero-order valence-electron chi connectivity index (χ0n) is 9.64. The second-order valence-electron chi connectivity index (χ2n) is 4.06. The Morgan fingerprint density at radius 1 is 1.11 bits per heavy atom. The summed E-state index contributed by atoms with van der Waals surface area (Å²) in [6.45, 7) is 0. The minimum absolute atomic E-state index is 0.0266. The molecule has 94 valence electrons. The van der Waals surface area contributed by atoms with Gasteiger partial charge in [0.1, 0.15) is 0 Å². The largest absolute Gasteiger partial charge is 0.312 e. The van der Waals surface area contributed by atoms with E-state index in [-0.39, 0.29) is 10.7 Å². The van der Waals surface area contributed by atoms with Crippen molar-refractivity contribution < 1.29 is 4.79 Å². The molecule has 0 aliphatic rings. The molecule has 1 heterocycles. The number of carbonyl (C=O) groups is 1. The first-order valence-electron chi connectivity index (χ1n) is 5.56. The Bertz CT molecular complexity index is 835. The minimum atomic E-state index is -0.103. The van der Waals surface area contributed by atoms with Crippen molar-refractivity contribution >= 4 is 49.9 Å². The summed E-state index contributed by atoms with van der Waals surface area (Å²) >= 11 is 3.30. The number of halogens is 1. The molecule has 2 aromatic carbocycles. The Labute approximate surface area is 126 Å². The lowest BCUT2D eigenvalue weighted by molar-refractivity contribution is 0.103. The van der Waals surface area contributed by atoms with Crippen molar-refractivity contribution in [2.75, 3.05) is 0 Å². The summed E-state index contributed by atoms with van der Waals surface area (Å²) in [5, 5.41) is 0. The molecule has 3 rings (SSSR count). The number of hydrogen-bond acceptors (Lipinski definition) is 3. The molecule has 0 aliphatic carbocycles. The Hall–Kier alpha value is -1.47. The number of hydrogen-bond donors (Lipinski definition) is 1. The standard InChI is InChI=1S/C14H8INO2S/c15-10-3-1-2-8(6-10)13(17)9-4-5-11-12(7-9)19-14(18)16-11/h1-7H,(H,16,18). The van der Waals surface area contributed by atoms with Crippen LogP contribution in [-0.2, 0) is 0 Å². The van der Waals surface area contributed by atoms with Crippen LogP contribution >= 0.6 is 33.9 Å². The van der Waals surface area contributed by atoms with Crippen molar-refractivity contribution in [2.45, 2.75) is 0 Å². The fourth-order valence-corrected chi connectivity index (χ4v) is 3.20. The Balaban J connectivity index is 2.08. The fraction of sp³-hybridized carbons (Fsp3) is 0. The Kier molecular flexibility index (Phi) is 3.24. The molecule has 1 aromatic heterocycles. The molecular weight excluding hydrogens is 373 g/mol. The predicted octanol–water partition coefficient (Wildman–Crippen LogP) is 3.43. The highest BCUT2D eigenvalue weighted by molar-refractivity contribution is 14.1. The van der Waals surface area contributed by atoms with Crippen molar-refractivity contribution in [3.63, 3.8) is 0 Å². The van der Waals surface area contributed by atoms with E-state index in [2.05, 4.69) is 27.6 Å². The van der Waals surface area contributed by atoms with Gasteiger partial charge in [0.25, 0.3) is 0 Å². The molecule has 0 spiro atoms. The van der Waals surface area contributed by atoms with Gasteiger partial charge in [-0.15, -0.1) is 0 Å². The first-order chi connectivity index (χ1) is 9.13. The molecule has 19 heavy (non-hydrogen) atoms. The van der Waals surface area contributed by atoms with Gasteiger partial charge in [-0.3, -0.25) is 9.59 Å². The molecule has 5 heteroatoms. The second-order valence-corrected chi connectivity index (χ2v) is 6.33. The van der Waals surface area contributed by atoms with E-state index in [0.29, 0.717) is 11.1 Å². The van der Waals surface area contributed by atoms with Crippen LogP contribution in [0.25, 0.3) is 10.2 Å². The quantitative estimate of drug-likeness (QED) is 0.546. The molecule has 0 radical (unpaired) electrons. The maximum Gasteiger partial charge on any atom is 0.305 e. The monoisotopic (exact) mass is 381 g/mol. The van der Waals surface area contributed by atoms with Crippen LogP contribution < -0.4 is 4.87 Å². The van der Waals surface area contributed by atoms with Gasteiger partial charge in [0.05, 0.1) is 10.2 Å². The number of H-pyrrole nitrogens is 1. The van der Waals surface area contributed by atoms with Gasteiger partial charge in [0.15, 0.2) is 5.78 Å². The summed E-state index contributed by atoms with van der Waals surface area (Å²) in [6, 6.07) is 12.7. The molecular formula is C14H8INO2S. The molecule has 0 bridgehead atoms. The van der Waals surface area contributed by atoms with E-state index in [9.17, 15) is 9.59 Å². The summed E-state index contributed by atoms with van der Waals surface area (Å²) < 4.78 is 1.83. The summed E-state index contributed by atoms with van der Waals surface area (Å²) in [7, 11) is 0. The van der Waals surface area contributed by atoms with Crippen LogP contribution in [0.15, 0.2) is 47.3 Å². The lowest BCUT2D eigenvalue weighted by Crippen LogP contribution is -2.01. The molecule has 0 aliphatic heterocycles. The van der Waals surface area contributed by atoms with E-state index in [0.717, 1.165) is 25.1 Å². The Morgan fingerprint density at radius 3 is 2.68 bits per heavy atom. The highest BCUT2D eigenvalue weighted by Crippen LogP contribution is 2.19. The molecule has 1 N–H and O–H groups in total. The zero-order valence-corrected chi connectivity index (χ0v) is 12.6. The van der Waals surface area contributed by atoms with Gasteiger partial charge in [-0.2, -0.15) is 0 Å². The van der Waals surface area contributed by atoms with Crippen molar-refractivity contribution in [1.29, 1.82) is 0 Å². The van der Waals surface area contributed by atoms with Crippen molar-refractivity contribution in [3.8, 4) is 0 Å². The first kappa shape index (κ1) is 12.6. The second kappa shape index (κ2) is 4.90. The van der Waals surface area contributed by atoms with E-state index < -0.39 is 0 Å². The average molecular weight is 381 g/mol. The third kappa shape index (κ3) is 2.48. The summed E-state index contributed by atoms with van der Waals surface area (Å²) in [4.78, 5) is 26.2. The highest BCUT2D eigenvalue weighted by Gasteiger charge is 2.11. The summed E-state index contributed by atoms with van der Waals surface area (Å²) in [6.07, 6.45) is 0. The van der Waals surface area contributed by atoms with Gasteiger partial charge < -0.3 is 4.98 Å². The topological polar surface area (TPSA) is 49.9 Å². The van der Waals surface area contributed by atoms with Gasteiger partial charge in [0, 0.05) is 14.7 Å². The number of carbonyl (C=O) groups excluding carboxylic acids is 1. The molecule has 0 fully saturated rings. The number of aromatic nitrogens is 1. The minimum Gasteiger partial charge on any atom is -0.312 e. The average Bonchev–Trinajstić information content (AvgIpc) is 2.76. The van der Waals surface area contributed by atoms with Gasteiger partial charge in [-0.25, -0.2) is 0 Å². The first-order valence-corrected chi connectivity index (χ1v) is 7.46. The lowest BCUT2D eigenvalue weighted by Gasteiger charge is -2.02. The number of rotatable bonds is 2. The van der Waals surface area contributed by atoms with E-state index >= 15 is 0 Å². The normalized spacial score (nSPS) is 10.8. The lowest BCUT2D eigenvalue weighted by atomic mass is 10.0. The molecule has 0 saturated heterocycles. The number of aromatic amines is 1. The van der Waals surface area contributed by atoms with Gasteiger partial charge in [-0.1, -0.05) is 23.5 Å². The number of fused-ring (bicyclic) bond motifs is 1. The third-order valence-corrected chi connectivity index (χ3v) is 4.29. The fourth-order valence-electron chi connectivity index (χ4n) is 1.88. The summed E-state index contributed by atoms with van der Waals surface area (Å²) in [5.41, 5.74) is 2.04. The van der Waals surface area contributed by atoms with Crippen LogP contribution in [0.2, 0.25) is 0 Å². The highest BCUT2D eigenvalue weighted by atomic mass is 127. The zero-order chi connectivity index (χ0) is 13.4. The van der Waals surface area contributed by atoms with Crippen LogP contribution in [-0.4, -0.2) is 10.8 Å². The molecule has 0 unspecified atom stereocenters. The van der Waals surface area contributed by atoms with Crippen LogP contribution in [0.4, 0.5) is 0 Å². The number of nitrogens with one attached hydrogen (secondary N) is 1. The van der Waals surface area contributed by atoms with Crippen molar-refractivity contribution in [2.24, 2.45) is 0 Å². The third-order valence-electron chi connectivity index (χ3n) is 2.77. The van der Waals surface area contributed by atoms with Crippen molar-refractivity contribution in [3.05, 3.63) is 66.8 Å². The van der Waals surface area contributed by atoms with Gasteiger partial charge in [0.2, 0.25) is 0 Å². The number of thiazole rings is 1. The Morgan fingerprint density at radius 2 is 1.89 bits per heavy atom. The molecule has 3 nitrogen and oxygen atoms in total. The molecule has 0 saturated carbocycles. The van der Waals surface area contributed by atoms with Crippen molar-refractivity contribution in [1.82, 2.24) is 4.98 Å². The van der Waals surface area contributed by atoms with Crippen LogP contribution in [0.5, 0.6) is 0 Å². The van der Waals surface area contributed by atoms with E-state index in [1.165, 1.54) is 0 Å². The van der Waals surface area contributed by atoms with Crippen LogP contribution in [0.1, 0.15) is 15.9 Å². The maximum absolute atomic E-state index is 12.4. The van der Waals surface area contributed by atoms with Gasteiger partial charge in [-0.05, 0) is 52.9 Å². The molecule has 3 aromatic rings. The maximum atomic E-state index is 12.4. The van der Waals surface area contributed by atoms with Gasteiger partial charge >= 0.3 is 4.87 Å². The predicted molar refractivity (Wildman–Crippen MR) is 85.0 cm³/mol. The molecule has 0 atom stereocenters. The number of ketones is 1. The van der Waals surface area contributed by atoms with E-state index in [4.69, 9.17) is 0 Å². The van der Waals surface area contributed by atoms with Crippen LogP contribution in [0, 0.1) is 3.57 Å².